The molecule has 2 saturated heterocycles. The number of pyridine rings is 1. The standard InChI is InChI=1S/C21H29N5O4S/c1-16(27)24-9-3-4-18(15-24)22-21(28)17-5-6-19-7-8-20(26(19)14-17)23-10-12-25(13-11-23)31(2,29)30/h5-8,14,18H,3-4,9-13,15H2,1-2H3,(H,22,28). The van der Waals surface area contributed by atoms with Gasteiger partial charge in [-0.15, -0.1) is 0 Å². The minimum atomic E-state index is -3.18. The monoisotopic (exact) mass is 447 g/mol. The molecule has 4 heterocycles. The van der Waals surface area contributed by atoms with Crippen molar-refractivity contribution in [3.05, 3.63) is 36.0 Å². The summed E-state index contributed by atoms with van der Waals surface area (Å²) < 4.78 is 27.0. The number of fused-ring (bicyclic) bond motifs is 1. The van der Waals surface area contributed by atoms with Gasteiger partial charge in [0.05, 0.1) is 11.8 Å². The molecule has 168 valence electrons. The van der Waals surface area contributed by atoms with Crippen molar-refractivity contribution in [2.24, 2.45) is 0 Å². The number of hydrogen-bond acceptors (Lipinski definition) is 5. The van der Waals surface area contributed by atoms with Crippen molar-refractivity contribution < 1.29 is 18.0 Å². The van der Waals surface area contributed by atoms with Crippen LogP contribution in [0.3, 0.4) is 0 Å². The summed E-state index contributed by atoms with van der Waals surface area (Å²) in [5, 5.41) is 3.07. The molecule has 0 aliphatic carbocycles. The van der Waals surface area contributed by atoms with E-state index in [9.17, 15) is 18.0 Å². The van der Waals surface area contributed by atoms with Crippen LogP contribution in [-0.2, 0) is 14.8 Å². The van der Waals surface area contributed by atoms with Crippen LogP contribution in [0.4, 0.5) is 5.82 Å². The van der Waals surface area contributed by atoms with Gasteiger partial charge in [-0.25, -0.2) is 8.42 Å². The summed E-state index contributed by atoms with van der Waals surface area (Å²) >= 11 is 0. The number of piperazine rings is 1. The summed E-state index contributed by atoms with van der Waals surface area (Å²) in [6, 6.07) is 7.66. The van der Waals surface area contributed by atoms with Crippen LogP contribution in [-0.4, -0.2) is 85.4 Å². The molecule has 0 saturated carbocycles. The van der Waals surface area contributed by atoms with Gasteiger partial charge in [0, 0.05) is 63.9 Å². The molecular formula is C21H29N5O4S. The zero-order chi connectivity index (χ0) is 22.2. The molecule has 1 unspecified atom stereocenters. The van der Waals surface area contributed by atoms with Crippen molar-refractivity contribution in [3.8, 4) is 0 Å². The molecule has 2 aromatic rings. The van der Waals surface area contributed by atoms with Gasteiger partial charge in [0.1, 0.15) is 5.82 Å². The fourth-order valence-electron chi connectivity index (χ4n) is 4.38. The lowest BCUT2D eigenvalue weighted by Crippen LogP contribution is -2.49. The van der Waals surface area contributed by atoms with Crippen LogP contribution in [0.2, 0.25) is 0 Å². The molecule has 2 aliphatic heterocycles. The summed E-state index contributed by atoms with van der Waals surface area (Å²) in [5.74, 6) is 0.824. The second-order valence-corrected chi connectivity index (χ2v) is 10.3. The zero-order valence-corrected chi connectivity index (χ0v) is 18.8. The number of amides is 2. The lowest BCUT2D eigenvalue weighted by molar-refractivity contribution is -0.130. The van der Waals surface area contributed by atoms with E-state index in [1.807, 2.05) is 34.9 Å². The normalized spacial score (nSPS) is 20.8. The van der Waals surface area contributed by atoms with E-state index in [-0.39, 0.29) is 17.9 Å². The van der Waals surface area contributed by atoms with Gasteiger partial charge < -0.3 is 19.5 Å². The Hall–Kier alpha value is -2.59. The van der Waals surface area contributed by atoms with E-state index in [0.717, 1.165) is 30.7 Å². The lowest BCUT2D eigenvalue weighted by atomic mass is 10.1. The quantitative estimate of drug-likeness (QED) is 0.747. The maximum Gasteiger partial charge on any atom is 0.253 e. The minimum absolute atomic E-state index is 0.0355. The van der Waals surface area contributed by atoms with Crippen LogP contribution in [0.15, 0.2) is 30.5 Å². The Labute approximate surface area is 182 Å². The van der Waals surface area contributed by atoms with Crippen LogP contribution in [0.25, 0.3) is 5.52 Å². The first kappa shape index (κ1) is 21.6. The SMILES string of the molecule is CC(=O)N1CCCC(NC(=O)c2ccc3ccc(N4CCN(S(C)(=O)=O)CC4)n3c2)C1. The molecule has 2 fully saturated rings. The molecule has 2 aliphatic rings. The van der Waals surface area contributed by atoms with E-state index in [1.165, 1.54) is 10.6 Å². The van der Waals surface area contributed by atoms with Gasteiger partial charge in [-0.2, -0.15) is 4.31 Å². The number of sulfonamides is 1. The van der Waals surface area contributed by atoms with E-state index in [2.05, 4.69) is 10.2 Å². The van der Waals surface area contributed by atoms with E-state index in [0.29, 0.717) is 38.3 Å². The minimum Gasteiger partial charge on any atom is -0.355 e. The van der Waals surface area contributed by atoms with Crippen molar-refractivity contribution in [1.82, 2.24) is 18.9 Å². The Morgan fingerprint density at radius 1 is 1.03 bits per heavy atom. The summed E-state index contributed by atoms with van der Waals surface area (Å²) in [7, 11) is -3.18. The molecule has 1 atom stereocenters. The molecule has 1 N–H and O–H groups in total. The third kappa shape index (κ3) is 4.69. The van der Waals surface area contributed by atoms with E-state index in [1.54, 1.807) is 11.8 Å². The maximum atomic E-state index is 12.9. The van der Waals surface area contributed by atoms with Gasteiger partial charge in [-0.1, -0.05) is 0 Å². The summed E-state index contributed by atoms with van der Waals surface area (Å²) in [6.45, 7) is 4.93. The number of hydrogen-bond donors (Lipinski definition) is 1. The van der Waals surface area contributed by atoms with Crippen molar-refractivity contribution in [1.29, 1.82) is 0 Å². The maximum absolute atomic E-state index is 12.9. The van der Waals surface area contributed by atoms with Gasteiger partial charge in [0.25, 0.3) is 5.91 Å². The second-order valence-electron chi connectivity index (χ2n) is 8.33. The molecule has 0 bridgehead atoms. The Morgan fingerprint density at radius 3 is 2.42 bits per heavy atom. The van der Waals surface area contributed by atoms with E-state index >= 15 is 0 Å². The highest BCUT2D eigenvalue weighted by Crippen LogP contribution is 2.22. The molecule has 31 heavy (non-hydrogen) atoms. The molecule has 10 heteroatoms. The van der Waals surface area contributed by atoms with Gasteiger partial charge in [0.15, 0.2) is 0 Å². The molecule has 2 aromatic heterocycles. The molecule has 0 radical (unpaired) electrons. The topological polar surface area (TPSA) is 94.4 Å². The van der Waals surface area contributed by atoms with Crippen LogP contribution in [0.5, 0.6) is 0 Å². The average molecular weight is 448 g/mol. The predicted molar refractivity (Wildman–Crippen MR) is 119 cm³/mol. The number of likely N-dealkylation sites (tertiary alicyclic amines) is 1. The smallest absolute Gasteiger partial charge is 0.253 e. The molecule has 9 nitrogen and oxygen atoms in total. The van der Waals surface area contributed by atoms with E-state index in [4.69, 9.17) is 0 Å². The average Bonchev–Trinajstić information content (AvgIpc) is 3.16. The number of carbonyl (C=O) groups is 2. The van der Waals surface area contributed by atoms with Crippen molar-refractivity contribution in [2.45, 2.75) is 25.8 Å². The van der Waals surface area contributed by atoms with Crippen LogP contribution in [0, 0.1) is 0 Å². The Morgan fingerprint density at radius 2 is 1.74 bits per heavy atom. The second kappa shape index (κ2) is 8.51. The third-order valence-electron chi connectivity index (χ3n) is 6.13. The summed E-state index contributed by atoms with van der Waals surface area (Å²) in [5.41, 5.74) is 1.53. The van der Waals surface area contributed by atoms with Crippen molar-refractivity contribution in [2.75, 3.05) is 50.4 Å². The van der Waals surface area contributed by atoms with Gasteiger partial charge >= 0.3 is 0 Å². The van der Waals surface area contributed by atoms with Crippen LogP contribution < -0.4 is 10.2 Å². The predicted octanol–water partition coefficient (Wildman–Crippen LogP) is 0.762. The van der Waals surface area contributed by atoms with Crippen LogP contribution in [0.1, 0.15) is 30.1 Å². The number of aromatic nitrogens is 1. The van der Waals surface area contributed by atoms with E-state index < -0.39 is 10.0 Å². The number of nitrogens with zero attached hydrogens (tertiary/aromatic N) is 4. The molecular weight excluding hydrogens is 418 g/mol. The number of nitrogens with one attached hydrogen (secondary N) is 1. The van der Waals surface area contributed by atoms with Crippen LogP contribution >= 0.6 is 0 Å². The van der Waals surface area contributed by atoms with Crippen molar-refractivity contribution >= 4 is 33.2 Å². The first-order chi connectivity index (χ1) is 14.7. The summed E-state index contributed by atoms with van der Waals surface area (Å²) in [6.07, 6.45) is 4.80. The lowest BCUT2D eigenvalue weighted by Gasteiger charge is -2.34. The largest absolute Gasteiger partial charge is 0.355 e. The first-order valence-electron chi connectivity index (χ1n) is 10.6. The summed E-state index contributed by atoms with van der Waals surface area (Å²) in [4.78, 5) is 28.4. The molecule has 4 rings (SSSR count). The fraction of sp³-hybridized carbons (Fsp3) is 0.524. The third-order valence-corrected chi connectivity index (χ3v) is 7.43. The number of rotatable bonds is 4. The highest BCUT2D eigenvalue weighted by Gasteiger charge is 2.26. The molecule has 0 spiro atoms. The Balaban J connectivity index is 1.48. The van der Waals surface area contributed by atoms with Gasteiger partial charge in [0.2, 0.25) is 15.9 Å². The zero-order valence-electron chi connectivity index (χ0n) is 18.0. The van der Waals surface area contributed by atoms with Crippen molar-refractivity contribution in [3.63, 3.8) is 0 Å². The number of piperidine rings is 1. The highest BCUT2D eigenvalue weighted by molar-refractivity contribution is 7.88. The van der Waals surface area contributed by atoms with Gasteiger partial charge in [-0.3, -0.25) is 9.59 Å². The first-order valence-corrected chi connectivity index (χ1v) is 12.4. The molecule has 2 amide bonds. The number of carbonyl (C=O) groups excluding carboxylic acids is 2. The Kier molecular flexibility index (Phi) is 5.94. The Bertz CT molecular complexity index is 1090. The van der Waals surface area contributed by atoms with Gasteiger partial charge in [-0.05, 0) is 37.1 Å². The fourth-order valence-corrected chi connectivity index (χ4v) is 5.20. The molecule has 0 aromatic carbocycles. The highest BCUT2D eigenvalue weighted by atomic mass is 32.2. The number of anilines is 1.